The molecule has 1 aromatic rings. The zero-order valence-electron chi connectivity index (χ0n) is 9.92. The molecule has 0 amide bonds. The summed E-state index contributed by atoms with van der Waals surface area (Å²) in [4.78, 5) is 0. The van der Waals surface area contributed by atoms with Gasteiger partial charge >= 0.3 is 0 Å². The number of halogens is 3. The van der Waals surface area contributed by atoms with E-state index in [1.165, 1.54) is 0 Å². The Labute approximate surface area is 118 Å². The monoisotopic (exact) mass is 354 g/mol. The Balaban J connectivity index is 2.00. The topological polar surface area (TPSA) is 58.2 Å². The van der Waals surface area contributed by atoms with Gasteiger partial charge in [0.2, 0.25) is 10.0 Å². The van der Waals surface area contributed by atoms with E-state index >= 15 is 0 Å². The van der Waals surface area contributed by atoms with Crippen LogP contribution in [0.25, 0.3) is 0 Å². The lowest BCUT2D eigenvalue weighted by atomic mass is 10.3. The molecule has 1 saturated carbocycles. The van der Waals surface area contributed by atoms with Crippen molar-refractivity contribution in [2.45, 2.75) is 18.9 Å². The van der Waals surface area contributed by atoms with Gasteiger partial charge in [-0.25, -0.2) is 17.2 Å². The molecular formula is C11H13BrF2N2O2S. The van der Waals surface area contributed by atoms with Gasteiger partial charge in [0.25, 0.3) is 0 Å². The van der Waals surface area contributed by atoms with Crippen LogP contribution >= 0.6 is 15.9 Å². The molecule has 0 bridgehead atoms. The minimum absolute atomic E-state index is 0.0525. The SMILES string of the molecule is O=S(=O)(CCNC1CC1)Nc1cc(F)c(Br)cc1F. The van der Waals surface area contributed by atoms with Crippen molar-refractivity contribution < 1.29 is 17.2 Å². The second kappa shape index (κ2) is 5.72. The molecule has 19 heavy (non-hydrogen) atoms. The van der Waals surface area contributed by atoms with Crippen LogP contribution in [0.2, 0.25) is 0 Å². The lowest BCUT2D eigenvalue weighted by molar-refractivity contribution is 0.589. The first kappa shape index (κ1) is 14.7. The van der Waals surface area contributed by atoms with Crippen LogP contribution in [0, 0.1) is 11.6 Å². The van der Waals surface area contributed by atoms with Gasteiger partial charge in [-0.2, -0.15) is 0 Å². The highest BCUT2D eigenvalue weighted by Crippen LogP contribution is 2.24. The quantitative estimate of drug-likeness (QED) is 0.770. The Bertz CT molecular complexity index is 576. The third kappa shape index (κ3) is 4.39. The van der Waals surface area contributed by atoms with E-state index < -0.39 is 21.7 Å². The number of benzene rings is 1. The van der Waals surface area contributed by atoms with Gasteiger partial charge in [-0.15, -0.1) is 0 Å². The van der Waals surface area contributed by atoms with Crippen LogP contribution in [0.5, 0.6) is 0 Å². The van der Waals surface area contributed by atoms with Gasteiger partial charge in [0, 0.05) is 18.7 Å². The minimum Gasteiger partial charge on any atom is -0.313 e. The standard InChI is InChI=1S/C11H13BrF2N2O2S/c12-8-5-10(14)11(6-9(8)13)16-19(17,18)4-3-15-7-1-2-7/h5-7,15-16H,1-4H2. The van der Waals surface area contributed by atoms with Crippen LogP contribution < -0.4 is 10.0 Å². The Morgan fingerprint density at radius 3 is 2.58 bits per heavy atom. The summed E-state index contributed by atoms with van der Waals surface area (Å²) in [6.45, 7) is 0.292. The van der Waals surface area contributed by atoms with Gasteiger partial charge in [-0.05, 0) is 34.8 Å². The Hall–Kier alpha value is -0.730. The predicted molar refractivity (Wildman–Crippen MR) is 72.5 cm³/mol. The molecule has 0 spiro atoms. The molecule has 0 aromatic heterocycles. The maximum atomic E-state index is 13.5. The van der Waals surface area contributed by atoms with E-state index in [9.17, 15) is 17.2 Å². The average Bonchev–Trinajstić information content (AvgIpc) is 3.09. The highest BCUT2D eigenvalue weighted by atomic mass is 79.9. The molecule has 1 aliphatic rings. The fraction of sp³-hybridized carbons (Fsp3) is 0.455. The molecule has 8 heteroatoms. The maximum absolute atomic E-state index is 13.5. The van der Waals surface area contributed by atoms with E-state index in [-0.39, 0.29) is 15.9 Å². The predicted octanol–water partition coefficient (Wildman–Crippen LogP) is 2.22. The third-order valence-corrected chi connectivity index (χ3v) is 4.54. The van der Waals surface area contributed by atoms with E-state index in [1.807, 2.05) is 4.72 Å². The van der Waals surface area contributed by atoms with Crippen LogP contribution in [0.3, 0.4) is 0 Å². The first-order valence-electron chi connectivity index (χ1n) is 5.76. The molecule has 106 valence electrons. The van der Waals surface area contributed by atoms with Crippen LogP contribution in [-0.2, 0) is 10.0 Å². The molecule has 1 aromatic carbocycles. The number of nitrogens with one attached hydrogen (secondary N) is 2. The van der Waals surface area contributed by atoms with Crippen molar-refractivity contribution in [2.24, 2.45) is 0 Å². The summed E-state index contributed by atoms with van der Waals surface area (Å²) in [7, 11) is -3.69. The van der Waals surface area contributed by atoms with Gasteiger partial charge in [0.05, 0.1) is 15.9 Å². The van der Waals surface area contributed by atoms with Gasteiger partial charge in [-0.3, -0.25) is 4.72 Å². The molecule has 0 radical (unpaired) electrons. The number of rotatable bonds is 6. The fourth-order valence-corrected chi connectivity index (χ4v) is 2.80. The number of hydrogen-bond acceptors (Lipinski definition) is 3. The summed E-state index contributed by atoms with van der Waals surface area (Å²) in [6.07, 6.45) is 2.11. The fourth-order valence-electron chi connectivity index (χ4n) is 1.50. The van der Waals surface area contributed by atoms with Crippen molar-refractivity contribution >= 4 is 31.6 Å². The van der Waals surface area contributed by atoms with Crippen LogP contribution in [0.4, 0.5) is 14.5 Å². The number of anilines is 1. The van der Waals surface area contributed by atoms with E-state index in [4.69, 9.17) is 0 Å². The van der Waals surface area contributed by atoms with E-state index in [0.717, 1.165) is 25.0 Å². The molecule has 2 rings (SSSR count). The molecule has 1 aliphatic carbocycles. The summed E-state index contributed by atoms with van der Waals surface area (Å²) in [5, 5.41) is 3.04. The van der Waals surface area contributed by atoms with Crippen molar-refractivity contribution in [1.82, 2.24) is 5.32 Å². The lowest BCUT2D eigenvalue weighted by Crippen LogP contribution is -2.28. The molecule has 4 nitrogen and oxygen atoms in total. The minimum atomic E-state index is -3.69. The van der Waals surface area contributed by atoms with Crippen molar-refractivity contribution in [3.05, 3.63) is 28.2 Å². The Morgan fingerprint density at radius 2 is 1.95 bits per heavy atom. The second-order valence-electron chi connectivity index (χ2n) is 4.40. The highest BCUT2D eigenvalue weighted by molar-refractivity contribution is 9.10. The maximum Gasteiger partial charge on any atom is 0.234 e. The second-order valence-corrected chi connectivity index (χ2v) is 7.09. The van der Waals surface area contributed by atoms with E-state index in [1.54, 1.807) is 0 Å². The third-order valence-electron chi connectivity index (χ3n) is 2.66. The summed E-state index contributed by atoms with van der Waals surface area (Å²) < 4.78 is 52.1. The zero-order valence-corrected chi connectivity index (χ0v) is 12.3. The van der Waals surface area contributed by atoms with Gasteiger partial charge in [0.1, 0.15) is 11.6 Å². The van der Waals surface area contributed by atoms with Crippen LogP contribution in [0.15, 0.2) is 16.6 Å². The molecule has 0 atom stereocenters. The molecule has 0 aliphatic heterocycles. The van der Waals surface area contributed by atoms with Crippen molar-refractivity contribution in [2.75, 3.05) is 17.0 Å². The summed E-state index contributed by atoms with van der Waals surface area (Å²) in [6, 6.07) is 2.10. The Morgan fingerprint density at radius 1 is 1.26 bits per heavy atom. The summed E-state index contributed by atoms with van der Waals surface area (Å²) >= 11 is 2.82. The Kier molecular flexibility index (Phi) is 4.42. The molecule has 2 N–H and O–H groups in total. The van der Waals surface area contributed by atoms with E-state index in [2.05, 4.69) is 21.2 Å². The smallest absolute Gasteiger partial charge is 0.234 e. The van der Waals surface area contributed by atoms with Crippen molar-refractivity contribution in [1.29, 1.82) is 0 Å². The van der Waals surface area contributed by atoms with Gasteiger partial charge in [-0.1, -0.05) is 0 Å². The van der Waals surface area contributed by atoms with Gasteiger partial charge < -0.3 is 5.32 Å². The molecule has 0 saturated heterocycles. The summed E-state index contributed by atoms with van der Waals surface area (Å²) in [5.41, 5.74) is -0.382. The molecule has 0 heterocycles. The van der Waals surface area contributed by atoms with Crippen LogP contribution in [-0.4, -0.2) is 26.8 Å². The van der Waals surface area contributed by atoms with Gasteiger partial charge in [0.15, 0.2) is 0 Å². The van der Waals surface area contributed by atoms with Crippen molar-refractivity contribution in [3.63, 3.8) is 0 Å². The largest absolute Gasteiger partial charge is 0.313 e. The average molecular weight is 355 g/mol. The molecule has 0 unspecified atom stereocenters. The summed E-state index contributed by atoms with van der Waals surface area (Å²) in [5.74, 6) is -1.73. The molecule has 1 fully saturated rings. The normalized spacial score (nSPS) is 15.5. The van der Waals surface area contributed by atoms with E-state index in [0.29, 0.717) is 12.6 Å². The highest BCUT2D eigenvalue weighted by Gasteiger charge is 2.21. The van der Waals surface area contributed by atoms with Crippen molar-refractivity contribution in [3.8, 4) is 0 Å². The first-order valence-corrected chi connectivity index (χ1v) is 8.20. The first-order chi connectivity index (χ1) is 8.87. The lowest BCUT2D eigenvalue weighted by Gasteiger charge is -2.10. The molecular weight excluding hydrogens is 342 g/mol. The zero-order chi connectivity index (χ0) is 14.0. The number of sulfonamides is 1. The van der Waals surface area contributed by atoms with Crippen LogP contribution in [0.1, 0.15) is 12.8 Å². The number of hydrogen-bond donors (Lipinski definition) is 2.